The maximum atomic E-state index is 6.18. The predicted molar refractivity (Wildman–Crippen MR) is 97.2 cm³/mol. The van der Waals surface area contributed by atoms with Crippen molar-refractivity contribution in [2.45, 2.75) is 52.5 Å². The molecule has 0 fully saturated rings. The van der Waals surface area contributed by atoms with Crippen LogP contribution in [0.1, 0.15) is 45.9 Å². The van der Waals surface area contributed by atoms with Crippen molar-refractivity contribution in [2.75, 3.05) is 11.2 Å². The van der Waals surface area contributed by atoms with Gasteiger partial charge in [-0.3, -0.25) is 0 Å². The van der Waals surface area contributed by atoms with E-state index in [4.69, 9.17) is 10.7 Å². The molecule has 2 heterocycles. The number of para-hydroxylation sites is 1. The number of rotatable bonds is 6. The molecule has 5 nitrogen and oxygen atoms in total. The van der Waals surface area contributed by atoms with Gasteiger partial charge in [0.25, 0.3) is 0 Å². The molecular weight excluding hydrogens is 286 g/mol. The van der Waals surface area contributed by atoms with E-state index >= 15 is 0 Å². The fourth-order valence-corrected chi connectivity index (χ4v) is 2.95. The van der Waals surface area contributed by atoms with Crippen molar-refractivity contribution in [1.82, 2.24) is 14.6 Å². The van der Waals surface area contributed by atoms with E-state index in [2.05, 4.69) is 41.9 Å². The fraction of sp³-hybridized carbons (Fsp3) is 0.444. The van der Waals surface area contributed by atoms with Gasteiger partial charge < -0.3 is 11.2 Å². The number of anilines is 1. The lowest BCUT2D eigenvalue weighted by Crippen LogP contribution is -2.24. The van der Waals surface area contributed by atoms with Gasteiger partial charge in [0, 0.05) is 17.8 Å². The lowest BCUT2D eigenvalue weighted by atomic mass is 10.2. The Morgan fingerprint density at radius 1 is 1.17 bits per heavy atom. The summed E-state index contributed by atoms with van der Waals surface area (Å²) in [7, 11) is 0. The van der Waals surface area contributed by atoms with Gasteiger partial charge in [-0.1, -0.05) is 38.0 Å². The monoisotopic (exact) mass is 311 g/mol. The van der Waals surface area contributed by atoms with Crippen molar-refractivity contribution in [3.8, 4) is 0 Å². The second-order valence-corrected chi connectivity index (χ2v) is 6.32. The van der Waals surface area contributed by atoms with Gasteiger partial charge in [-0.15, -0.1) is 0 Å². The Labute approximate surface area is 136 Å². The molecule has 1 aromatic carbocycles. The quantitative estimate of drug-likeness (QED) is 0.678. The van der Waals surface area contributed by atoms with E-state index in [1.165, 1.54) is 12.8 Å². The van der Waals surface area contributed by atoms with Gasteiger partial charge in [-0.25, -0.2) is 14.6 Å². The highest BCUT2D eigenvalue weighted by atomic mass is 15.4. The first-order valence-electron chi connectivity index (χ1n) is 8.44. The van der Waals surface area contributed by atoms with Crippen molar-refractivity contribution in [2.24, 2.45) is 0 Å². The van der Waals surface area contributed by atoms with Gasteiger partial charge in [0.05, 0.1) is 5.52 Å². The van der Waals surface area contributed by atoms with Gasteiger partial charge in [0.15, 0.2) is 5.82 Å². The first-order valence-corrected chi connectivity index (χ1v) is 8.44. The molecule has 2 aromatic heterocycles. The van der Waals surface area contributed by atoms with Crippen molar-refractivity contribution in [3.63, 3.8) is 0 Å². The van der Waals surface area contributed by atoms with Crippen LogP contribution in [0.4, 0.5) is 5.82 Å². The van der Waals surface area contributed by atoms with E-state index in [0.717, 1.165) is 40.6 Å². The molecule has 3 rings (SSSR count). The first kappa shape index (κ1) is 15.6. The highest BCUT2D eigenvalue weighted by molar-refractivity contribution is 6.06. The number of aryl methyl sites for hydroxylation is 1. The maximum absolute atomic E-state index is 6.18. The van der Waals surface area contributed by atoms with Crippen molar-refractivity contribution in [3.05, 3.63) is 30.1 Å². The molecule has 0 radical (unpaired) electrons. The van der Waals surface area contributed by atoms with E-state index in [-0.39, 0.29) is 0 Å². The molecule has 0 saturated heterocycles. The van der Waals surface area contributed by atoms with Crippen LogP contribution in [-0.2, 0) is 6.42 Å². The average Bonchev–Trinajstić information content (AvgIpc) is 2.87. The van der Waals surface area contributed by atoms with Gasteiger partial charge in [-0.05, 0) is 26.3 Å². The van der Waals surface area contributed by atoms with Crippen molar-refractivity contribution >= 4 is 27.8 Å². The first-order chi connectivity index (χ1) is 11.1. The fourth-order valence-electron chi connectivity index (χ4n) is 2.95. The number of nitrogen functional groups attached to an aromatic ring is 1. The van der Waals surface area contributed by atoms with E-state index < -0.39 is 0 Å². The molecule has 0 unspecified atom stereocenters. The van der Waals surface area contributed by atoms with Crippen LogP contribution >= 0.6 is 0 Å². The number of imidazole rings is 1. The zero-order valence-electron chi connectivity index (χ0n) is 14.1. The molecule has 122 valence electrons. The molecule has 0 saturated carbocycles. The molecular formula is C18H25N5. The standard InChI is InChI=1S/C18H25N5/c1-4-5-6-11-15-21-16-17(23(15)22-12(2)3)13-9-7-8-10-14(13)20-18(16)19/h7-10,12,22H,4-6,11H2,1-3H3,(H2,19,20). The topological polar surface area (TPSA) is 68.8 Å². The summed E-state index contributed by atoms with van der Waals surface area (Å²) in [5, 5.41) is 1.08. The molecule has 0 bridgehead atoms. The number of nitrogens with zero attached hydrogens (tertiary/aromatic N) is 3. The minimum absolute atomic E-state index is 0.311. The van der Waals surface area contributed by atoms with Crippen molar-refractivity contribution < 1.29 is 0 Å². The molecule has 0 spiro atoms. The third-order valence-corrected chi connectivity index (χ3v) is 3.98. The largest absolute Gasteiger partial charge is 0.382 e. The third kappa shape index (κ3) is 2.96. The number of hydrogen-bond acceptors (Lipinski definition) is 4. The van der Waals surface area contributed by atoms with Crippen LogP contribution < -0.4 is 11.2 Å². The molecule has 3 aromatic rings. The highest BCUT2D eigenvalue weighted by Gasteiger charge is 2.17. The van der Waals surface area contributed by atoms with Crippen molar-refractivity contribution in [1.29, 1.82) is 0 Å². The van der Waals surface area contributed by atoms with Gasteiger partial charge >= 0.3 is 0 Å². The summed E-state index contributed by atoms with van der Waals surface area (Å²) in [5.41, 5.74) is 12.4. The van der Waals surface area contributed by atoms with Crippen LogP contribution in [0.3, 0.4) is 0 Å². The van der Waals surface area contributed by atoms with E-state index in [9.17, 15) is 0 Å². The van der Waals surface area contributed by atoms with E-state index in [1.54, 1.807) is 0 Å². The Kier molecular flexibility index (Phi) is 4.37. The van der Waals surface area contributed by atoms with E-state index in [0.29, 0.717) is 11.9 Å². The molecule has 0 atom stereocenters. The smallest absolute Gasteiger partial charge is 0.152 e. The summed E-state index contributed by atoms with van der Waals surface area (Å²) in [4.78, 5) is 9.31. The maximum Gasteiger partial charge on any atom is 0.152 e. The number of nitrogens with two attached hydrogens (primary N) is 1. The second kappa shape index (κ2) is 6.44. The molecule has 3 N–H and O–H groups in total. The third-order valence-electron chi connectivity index (χ3n) is 3.98. The number of aromatic nitrogens is 3. The van der Waals surface area contributed by atoms with Crippen LogP contribution in [-0.4, -0.2) is 20.7 Å². The zero-order chi connectivity index (χ0) is 16.4. The summed E-state index contributed by atoms with van der Waals surface area (Å²) < 4.78 is 2.12. The van der Waals surface area contributed by atoms with Crippen LogP contribution in [0.25, 0.3) is 21.9 Å². The zero-order valence-corrected chi connectivity index (χ0v) is 14.1. The number of fused-ring (bicyclic) bond motifs is 3. The summed E-state index contributed by atoms with van der Waals surface area (Å²) in [5.74, 6) is 1.53. The molecule has 0 aliphatic rings. The Bertz CT molecular complexity index is 819. The molecule has 5 heteroatoms. The van der Waals surface area contributed by atoms with Gasteiger partial charge in [0.1, 0.15) is 16.9 Å². The number of hydrogen-bond donors (Lipinski definition) is 2. The van der Waals surface area contributed by atoms with Crippen LogP contribution in [0.2, 0.25) is 0 Å². The van der Waals surface area contributed by atoms with Crippen LogP contribution in [0, 0.1) is 0 Å². The molecule has 0 aliphatic heterocycles. The number of benzene rings is 1. The van der Waals surface area contributed by atoms with E-state index in [1.807, 2.05) is 18.2 Å². The Balaban J connectivity index is 2.23. The van der Waals surface area contributed by atoms with Gasteiger partial charge in [0.2, 0.25) is 0 Å². The number of nitrogens with one attached hydrogen (secondary N) is 1. The highest BCUT2D eigenvalue weighted by Crippen LogP contribution is 2.28. The lowest BCUT2D eigenvalue weighted by Gasteiger charge is -2.16. The molecule has 0 amide bonds. The Hall–Kier alpha value is -2.30. The predicted octanol–water partition coefficient (Wildman–Crippen LogP) is 3.85. The molecule has 23 heavy (non-hydrogen) atoms. The molecule has 0 aliphatic carbocycles. The van der Waals surface area contributed by atoms with Crippen LogP contribution in [0.15, 0.2) is 24.3 Å². The normalized spacial score (nSPS) is 11.7. The van der Waals surface area contributed by atoms with Gasteiger partial charge in [-0.2, -0.15) is 0 Å². The minimum atomic E-state index is 0.311. The summed E-state index contributed by atoms with van der Waals surface area (Å²) >= 11 is 0. The summed E-state index contributed by atoms with van der Waals surface area (Å²) in [6.07, 6.45) is 4.48. The second-order valence-electron chi connectivity index (χ2n) is 6.32. The summed E-state index contributed by atoms with van der Waals surface area (Å²) in [6, 6.07) is 8.41. The number of unbranched alkanes of at least 4 members (excludes halogenated alkanes) is 2. The Morgan fingerprint density at radius 2 is 1.96 bits per heavy atom. The SMILES string of the molecule is CCCCCc1nc2c(N)nc3ccccc3c2n1NC(C)C. The number of pyridine rings is 1. The summed E-state index contributed by atoms with van der Waals surface area (Å²) in [6.45, 7) is 6.48. The minimum Gasteiger partial charge on any atom is -0.382 e. The Morgan fingerprint density at radius 3 is 2.70 bits per heavy atom. The average molecular weight is 311 g/mol. The lowest BCUT2D eigenvalue weighted by molar-refractivity contribution is 0.655. The van der Waals surface area contributed by atoms with Crippen LogP contribution in [0.5, 0.6) is 0 Å².